The molecule has 0 unspecified atom stereocenters. The molecular formula is C46H46Cl2N4O8. The van der Waals surface area contributed by atoms with Gasteiger partial charge in [0, 0.05) is 82.6 Å². The Bertz CT molecular complexity index is 2380. The summed E-state index contributed by atoms with van der Waals surface area (Å²) in [6.07, 6.45) is 0.000477. The number of carbonyl (C=O) groups is 4. The smallest absolute Gasteiger partial charge is 0.310 e. The summed E-state index contributed by atoms with van der Waals surface area (Å²) in [7, 11) is 3.15. The maximum atomic E-state index is 13.6. The maximum Gasteiger partial charge on any atom is 0.310 e. The van der Waals surface area contributed by atoms with Gasteiger partial charge in [0.2, 0.25) is 0 Å². The van der Waals surface area contributed by atoms with Gasteiger partial charge in [-0.3, -0.25) is 38.1 Å². The van der Waals surface area contributed by atoms with Gasteiger partial charge in [-0.15, -0.1) is 0 Å². The number of hydrogen-bond acceptors (Lipinski definition) is 10. The van der Waals surface area contributed by atoms with Gasteiger partial charge in [-0.2, -0.15) is 0 Å². The third-order valence-electron chi connectivity index (χ3n) is 11.1. The first-order valence-corrected chi connectivity index (χ1v) is 20.4. The van der Waals surface area contributed by atoms with Crippen molar-refractivity contribution in [3.8, 4) is 11.5 Å². The number of piperazine rings is 1. The van der Waals surface area contributed by atoms with E-state index in [0.29, 0.717) is 79.3 Å². The second kappa shape index (κ2) is 18.7. The fourth-order valence-corrected chi connectivity index (χ4v) is 8.05. The molecule has 1 aliphatic heterocycles. The van der Waals surface area contributed by atoms with Crippen LogP contribution in [-0.2, 0) is 31.9 Å². The van der Waals surface area contributed by atoms with Crippen molar-refractivity contribution >= 4 is 68.8 Å². The van der Waals surface area contributed by atoms with Crippen molar-refractivity contribution in [1.82, 2.24) is 18.9 Å². The van der Waals surface area contributed by atoms with Crippen molar-refractivity contribution in [3.05, 3.63) is 129 Å². The van der Waals surface area contributed by atoms with Gasteiger partial charge in [-0.05, 0) is 110 Å². The highest BCUT2D eigenvalue weighted by Gasteiger charge is 2.25. The van der Waals surface area contributed by atoms with Crippen LogP contribution in [0.1, 0.15) is 43.2 Å². The van der Waals surface area contributed by atoms with Crippen molar-refractivity contribution in [3.63, 3.8) is 0 Å². The Kier molecular flexibility index (Phi) is 13.3. The zero-order chi connectivity index (χ0) is 42.5. The zero-order valence-electron chi connectivity index (χ0n) is 34.0. The number of hydrogen-bond donors (Lipinski definition) is 0. The lowest BCUT2D eigenvalue weighted by Gasteiger charge is -2.34. The molecular weight excluding hydrogens is 807 g/mol. The lowest BCUT2D eigenvalue weighted by atomic mass is 10.1. The summed E-state index contributed by atoms with van der Waals surface area (Å²) >= 11 is 12.1. The summed E-state index contributed by atoms with van der Waals surface area (Å²) in [4.78, 5) is 58.1. The number of benzene rings is 4. The van der Waals surface area contributed by atoms with E-state index in [9.17, 15) is 19.2 Å². The van der Waals surface area contributed by atoms with Crippen LogP contribution in [0.3, 0.4) is 0 Å². The minimum absolute atomic E-state index is 0.000238. The first-order chi connectivity index (χ1) is 28.9. The number of methoxy groups -OCH3 is 2. The van der Waals surface area contributed by atoms with Crippen LogP contribution < -0.4 is 9.47 Å². The Balaban J connectivity index is 0.888. The van der Waals surface area contributed by atoms with Crippen LogP contribution in [0.4, 0.5) is 0 Å². The van der Waals surface area contributed by atoms with E-state index in [0.717, 1.165) is 37.0 Å². The van der Waals surface area contributed by atoms with E-state index in [1.165, 1.54) is 0 Å². The summed E-state index contributed by atoms with van der Waals surface area (Å²) in [5.74, 6) is 0.0196. The minimum Gasteiger partial charge on any atom is -0.497 e. The van der Waals surface area contributed by atoms with Crippen molar-refractivity contribution in [2.45, 2.75) is 26.7 Å². The molecule has 0 amide bonds. The van der Waals surface area contributed by atoms with E-state index in [4.69, 9.17) is 42.1 Å². The van der Waals surface area contributed by atoms with Crippen molar-refractivity contribution in [1.29, 1.82) is 0 Å². The summed E-state index contributed by atoms with van der Waals surface area (Å²) in [6, 6.07) is 24.3. The first-order valence-electron chi connectivity index (χ1n) is 19.7. The molecule has 0 saturated carbocycles. The Labute approximate surface area is 358 Å². The Morgan fingerprint density at radius 3 is 1.27 bits per heavy atom. The summed E-state index contributed by atoms with van der Waals surface area (Å²) in [5.41, 5.74) is 5.02. The standard InChI is InChI=1S/C46H46Cl2N4O8/c1-29-37(39-25-35(57-3)13-15-41(39)51(29)45(55)31-5-9-33(47)10-6-31)27-43(53)59-23-21-49-17-19-50(20-18-49)22-24-60-44(54)28-38-30(2)52(42-16-14-36(58-4)26-40(38)42)46(56)32-7-11-34(48)12-8-32/h5-16,25-26H,17-24,27-28H2,1-4H3. The number of halogens is 2. The van der Waals surface area contributed by atoms with Gasteiger partial charge in [0.15, 0.2) is 0 Å². The number of rotatable bonds is 14. The molecule has 2 aromatic heterocycles. The Hall–Kier alpha value is -5.66. The average Bonchev–Trinajstić information content (AvgIpc) is 3.68. The Morgan fingerprint density at radius 2 is 0.917 bits per heavy atom. The molecule has 6 aromatic rings. The van der Waals surface area contributed by atoms with Crippen LogP contribution >= 0.6 is 23.2 Å². The molecule has 1 saturated heterocycles. The number of aromatic nitrogens is 2. The highest BCUT2D eigenvalue weighted by molar-refractivity contribution is 6.31. The van der Waals surface area contributed by atoms with Gasteiger partial charge < -0.3 is 18.9 Å². The molecule has 60 heavy (non-hydrogen) atoms. The molecule has 312 valence electrons. The highest BCUT2D eigenvalue weighted by Crippen LogP contribution is 2.33. The fraction of sp³-hybridized carbons (Fsp3) is 0.304. The normalized spacial score (nSPS) is 13.4. The summed E-state index contributed by atoms with van der Waals surface area (Å²) in [5, 5.41) is 2.57. The molecule has 0 N–H and O–H groups in total. The molecule has 0 radical (unpaired) electrons. The monoisotopic (exact) mass is 852 g/mol. The predicted molar refractivity (Wildman–Crippen MR) is 231 cm³/mol. The van der Waals surface area contributed by atoms with Gasteiger partial charge in [0.05, 0.1) is 38.1 Å². The van der Waals surface area contributed by atoms with E-state index >= 15 is 0 Å². The number of fused-ring (bicyclic) bond motifs is 2. The highest BCUT2D eigenvalue weighted by atomic mass is 35.5. The lowest BCUT2D eigenvalue weighted by Crippen LogP contribution is -2.48. The molecule has 0 bridgehead atoms. The van der Waals surface area contributed by atoms with Gasteiger partial charge in [-0.1, -0.05) is 23.2 Å². The van der Waals surface area contributed by atoms with Crippen LogP contribution in [0.15, 0.2) is 84.9 Å². The summed E-state index contributed by atoms with van der Waals surface area (Å²) < 4.78 is 25.6. The lowest BCUT2D eigenvalue weighted by molar-refractivity contribution is -0.144. The molecule has 1 fully saturated rings. The van der Waals surface area contributed by atoms with Crippen molar-refractivity contribution < 1.29 is 38.1 Å². The maximum absolute atomic E-state index is 13.6. The van der Waals surface area contributed by atoms with Crippen LogP contribution in [0.2, 0.25) is 10.0 Å². The fourth-order valence-electron chi connectivity index (χ4n) is 7.80. The molecule has 0 aliphatic carbocycles. The van der Waals surface area contributed by atoms with Crippen LogP contribution in [0, 0.1) is 13.8 Å². The molecule has 4 aromatic carbocycles. The Morgan fingerprint density at radius 1 is 0.550 bits per heavy atom. The largest absolute Gasteiger partial charge is 0.497 e. The van der Waals surface area contributed by atoms with Crippen LogP contribution in [0.25, 0.3) is 21.8 Å². The van der Waals surface area contributed by atoms with E-state index in [-0.39, 0.29) is 49.8 Å². The van der Waals surface area contributed by atoms with Crippen LogP contribution in [-0.4, -0.2) is 109 Å². The van der Waals surface area contributed by atoms with E-state index in [2.05, 4.69) is 9.80 Å². The van der Waals surface area contributed by atoms with E-state index in [1.807, 2.05) is 38.1 Å². The molecule has 0 spiro atoms. The molecule has 14 heteroatoms. The van der Waals surface area contributed by atoms with E-state index < -0.39 is 0 Å². The number of ether oxygens (including phenoxy) is 4. The second-order valence-electron chi connectivity index (χ2n) is 14.7. The van der Waals surface area contributed by atoms with Crippen LogP contribution in [0.5, 0.6) is 11.5 Å². The van der Waals surface area contributed by atoms with Gasteiger partial charge >= 0.3 is 11.9 Å². The van der Waals surface area contributed by atoms with Crippen molar-refractivity contribution in [2.24, 2.45) is 0 Å². The molecule has 12 nitrogen and oxygen atoms in total. The molecule has 0 atom stereocenters. The third kappa shape index (κ3) is 9.22. The average molecular weight is 854 g/mol. The SMILES string of the molecule is COc1ccc2c(c1)c(CC(=O)OCCN1CCN(CCOC(=O)Cc3c(C)n(C(=O)c4ccc(Cl)cc4)c4ccc(OC)cc34)CC1)c(C)n2C(=O)c1ccc(Cl)cc1. The molecule has 7 rings (SSSR count). The topological polar surface area (TPSA) is 122 Å². The third-order valence-corrected chi connectivity index (χ3v) is 11.6. The summed E-state index contributed by atoms with van der Waals surface area (Å²) in [6.45, 7) is 8.36. The van der Waals surface area contributed by atoms with Gasteiger partial charge in [0.25, 0.3) is 11.8 Å². The quantitative estimate of drug-likeness (QED) is 0.103. The predicted octanol–water partition coefficient (Wildman–Crippen LogP) is 7.40. The van der Waals surface area contributed by atoms with Gasteiger partial charge in [0.1, 0.15) is 24.7 Å². The number of carbonyl (C=O) groups excluding carboxylic acids is 4. The first kappa shape index (κ1) is 42.5. The van der Waals surface area contributed by atoms with Gasteiger partial charge in [-0.25, -0.2) is 0 Å². The number of esters is 2. The minimum atomic E-state index is -0.383. The zero-order valence-corrected chi connectivity index (χ0v) is 35.5. The molecule has 1 aliphatic rings. The number of nitrogens with zero attached hydrogens (tertiary/aromatic N) is 4. The van der Waals surface area contributed by atoms with Crippen molar-refractivity contribution in [2.75, 3.05) is 66.7 Å². The molecule has 3 heterocycles. The van der Waals surface area contributed by atoms with E-state index in [1.54, 1.807) is 84.0 Å². The second-order valence-corrected chi connectivity index (χ2v) is 15.5.